The molecule has 2 heterocycles. The minimum atomic E-state index is -0.518. The third-order valence-electron chi connectivity index (χ3n) is 7.70. The van der Waals surface area contributed by atoms with Crippen molar-refractivity contribution >= 4 is 11.5 Å². The van der Waals surface area contributed by atoms with E-state index < -0.39 is 5.82 Å². The number of nitrogens with zero attached hydrogens (tertiary/aromatic N) is 4. The lowest BCUT2D eigenvalue weighted by Crippen LogP contribution is -2.37. The highest BCUT2D eigenvalue weighted by molar-refractivity contribution is 5.67. The van der Waals surface area contributed by atoms with Crippen molar-refractivity contribution < 1.29 is 9.13 Å². The molecule has 6 nitrogen and oxygen atoms in total. The zero-order valence-electron chi connectivity index (χ0n) is 21.6. The maximum absolute atomic E-state index is 14.5. The van der Waals surface area contributed by atoms with Gasteiger partial charge in [-0.2, -0.15) is 5.26 Å². The smallest absolute Gasteiger partial charge is 0.149 e. The molecule has 0 unspecified atom stereocenters. The van der Waals surface area contributed by atoms with Crippen molar-refractivity contribution in [2.24, 2.45) is 5.92 Å². The first-order valence-electron chi connectivity index (χ1n) is 13.7. The van der Waals surface area contributed by atoms with E-state index >= 15 is 0 Å². The minimum absolute atomic E-state index is 0.0444. The maximum atomic E-state index is 14.5. The van der Waals surface area contributed by atoms with Gasteiger partial charge in [-0.05, 0) is 74.9 Å². The third-order valence-corrected chi connectivity index (χ3v) is 7.70. The highest BCUT2D eigenvalue weighted by atomic mass is 19.1. The summed E-state index contributed by atoms with van der Waals surface area (Å²) >= 11 is 0. The molecule has 2 aromatic carbocycles. The van der Waals surface area contributed by atoms with Crippen LogP contribution in [0, 0.1) is 23.1 Å². The quantitative estimate of drug-likeness (QED) is 0.379. The van der Waals surface area contributed by atoms with Gasteiger partial charge in [-0.15, -0.1) is 5.10 Å². The summed E-state index contributed by atoms with van der Waals surface area (Å²) < 4.78 is 22.2. The Morgan fingerprint density at radius 1 is 1.00 bits per heavy atom. The molecule has 1 saturated heterocycles. The molecule has 5 rings (SSSR count). The summed E-state index contributed by atoms with van der Waals surface area (Å²) in [6.07, 6.45) is 8.88. The highest BCUT2D eigenvalue weighted by Gasteiger charge is 2.20. The molecule has 3 aromatic rings. The van der Waals surface area contributed by atoms with Gasteiger partial charge < -0.3 is 15.0 Å². The summed E-state index contributed by atoms with van der Waals surface area (Å²) in [5, 5.41) is 17.6. The Hall–Kier alpha value is -3.37. The van der Waals surface area contributed by atoms with E-state index in [0.717, 1.165) is 56.3 Å². The molecule has 1 aliphatic carbocycles. The Labute approximate surface area is 219 Å². The van der Waals surface area contributed by atoms with Gasteiger partial charge in [0.05, 0.1) is 23.0 Å². The van der Waals surface area contributed by atoms with E-state index in [1.165, 1.54) is 49.9 Å². The van der Waals surface area contributed by atoms with Crippen LogP contribution in [0.2, 0.25) is 0 Å². The van der Waals surface area contributed by atoms with Gasteiger partial charge in [-0.3, -0.25) is 0 Å². The van der Waals surface area contributed by atoms with Gasteiger partial charge in [-0.1, -0.05) is 25.3 Å². The van der Waals surface area contributed by atoms with Gasteiger partial charge in [0.15, 0.2) is 0 Å². The van der Waals surface area contributed by atoms with Crippen LogP contribution in [0.5, 0.6) is 0 Å². The van der Waals surface area contributed by atoms with Crippen LogP contribution in [0.25, 0.3) is 16.9 Å². The van der Waals surface area contributed by atoms with E-state index in [9.17, 15) is 4.39 Å². The Morgan fingerprint density at radius 2 is 1.73 bits per heavy atom. The van der Waals surface area contributed by atoms with Crippen LogP contribution >= 0.6 is 0 Å². The Morgan fingerprint density at radius 3 is 2.41 bits per heavy atom. The van der Waals surface area contributed by atoms with Gasteiger partial charge in [0.25, 0.3) is 0 Å². The number of aromatic nitrogens is 2. The van der Waals surface area contributed by atoms with Gasteiger partial charge in [0.1, 0.15) is 17.7 Å². The highest BCUT2D eigenvalue weighted by Crippen LogP contribution is 2.30. The van der Waals surface area contributed by atoms with Crippen LogP contribution in [0.15, 0.2) is 48.5 Å². The molecule has 194 valence electrons. The number of benzene rings is 2. The van der Waals surface area contributed by atoms with E-state index in [0.29, 0.717) is 17.6 Å². The molecule has 1 N–H and O–H groups in total. The maximum Gasteiger partial charge on any atom is 0.149 e. The molecule has 0 radical (unpaired) electrons. The van der Waals surface area contributed by atoms with Gasteiger partial charge in [0.2, 0.25) is 0 Å². The predicted octanol–water partition coefficient (Wildman–Crippen LogP) is 6.55. The van der Waals surface area contributed by atoms with Crippen LogP contribution in [-0.4, -0.2) is 42.1 Å². The second-order valence-electron chi connectivity index (χ2n) is 10.2. The van der Waals surface area contributed by atoms with Crippen LogP contribution in [0.3, 0.4) is 0 Å². The van der Waals surface area contributed by atoms with Crippen LogP contribution < -0.4 is 10.2 Å². The van der Waals surface area contributed by atoms with Crippen LogP contribution in [0.4, 0.5) is 15.9 Å². The number of nitrogens with one attached hydrogen (secondary N) is 1. The minimum Gasteiger partial charge on any atom is -0.378 e. The van der Waals surface area contributed by atoms with Crippen molar-refractivity contribution in [3.63, 3.8) is 0 Å². The van der Waals surface area contributed by atoms with Crippen LogP contribution in [-0.2, 0) is 4.74 Å². The number of hydrogen-bond acceptors (Lipinski definition) is 5. The first-order valence-corrected chi connectivity index (χ1v) is 13.7. The van der Waals surface area contributed by atoms with E-state index in [2.05, 4.69) is 41.4 Å². The van der Waals surface area contributed by atoms with Crippen molar-refractivity contribution in [3.05, 3.63) is 59.9 Å². The second kappa shape index (κ2) is 11.8. The molecule has 1 aromatic heterocycles. The number of ether oxygens (including phenoxy) is 1. The second-order valence-corrected chi connectivity index (χ2v) is 10.2. The zero-order valence-corrected chi connectivity index (χ0v) is 21.6. The van der Waals surface area contributed by atoms with Crippen LogP contribution in [0.1, 0.15) is 57.4 Å². The largest absolute Gasteiger partial charge is 0.378 e. The molecule has 0 bridgehead atoms. The normalized spacial score (nSPS) is 17.1. The summed E-state index contributed by atoms with van der Waals surface area (Å²) in [7, 11) is 0. The fraction of sp³-hybridized carbons (Fsp3) is 0.467. The molecule has 1 aliphatic heterocycles. The van der Waals surface area contributed by atoms with E-state index in [1.54, 1.807) is 6.07 Å². The Balaban J connectivity index is 1.39. The molecule has 37 heavy (non-hydrogen) atoms. The number of nitriles is 1. The fourth-order valence-electron chi connectivity index (χ4n) is 5.60. The number of hydrogen-bond donors (Lipinski definition) is 1. The molecule has 2 fully saturated rings. The van der Waals surface area contributed by atoms with Crippen molar-refractivity contribution in [2.45, 2.75) is 58.0 Å². The lowest BCUT2D eigenvalue weighted by Gasteiger charge is -2.33. The number of rotatable bonds is 8. The monoisotopic (exact) mass is 501 g/mol. The van der Waals surface area contributed by atoms with Crippen molar-refractivity contribution in [1.82, 2.24) is 9.78 Å². The Bertz CT molecular complexity index is 1220. The first kappa shape index (κ1) is 25.3. The summed E-state index contributed by atoms with van der Waals surface area (Å²) in [6.45, 7) is 5.69. The van der Waals surface area contributed by atoms with Crippen molar-refractivity contribution in [1.29, 1.82) is 5.26 Å². The topological polar surface area (TPSA) is 66.1 Å². The number of anilines is 2. The SMILES string of the molecule is CCOC1CCN(c2ccc(-n3nc(NCC4CCCCC4)cc3-c3ccc(C#N)c(F)c3)cc2)CC1. The summed E-state index contributed by atoms with van der Waals surface area (Å²) in [6, 6.07) is 17.1. The van der Waals surface area contributed by atoms with Crippen molar-refractivity contribution in [2.75, 3.05) is 36.5 Å². The molecule has 1 saturated carbocycles. The molecular weight excluding hydrogens is 465 g/mol. The van der Waals surface area contributed by atoms with Gasteiger partial charge >= 0.3 is 0 Å². The predicted molar refractivity (Wildman–Crippen MR) is 146 cm³/mol. The summed E-state index contributed by atoms with van der Waals surface area (Å²) in [5.41, 5.74) is 3.63. The van der Waals surface area contributed by atoms with Gasteiger partial charge in [-0.25, -0.2) is 9.07 Å². The fourth-order valence-corrected chi connectivity index (χ4v) is 5.60. The third kappa shape index (κ3) is 5.97. The lowest BCUT2D eigenvalue weighted by atomic mass is 9.89. The average molecular weight is 502 g/mol. The first-order chi connectivity index (χ1) is 18.1. The molecular formula is C30H36FN5O. The van der Waals surface area contributed by atoms with E-state index in [1.807, 2.05) is 16.8 Å². The lowest BCUT2D eigenvalue weighted by molar-refractivity contribution is 0.0459. The van der Waals surface area contributed by atoms with E-state index in [-0.39, 0.29) is 5.56 Å². The molecule has 0 spiro atoms. The molecule has 7 heteroatoms. The Kier molecular flexibility index (Phi) is 8.05. The molecule has 2 aliphatic rings. The zero-order chi connectivity index (χ0) is 25.6. The molecule has 0 amide bonds. The van der Waals surface area contributed by atoms with Crippen molar-refractivity contribution in [3.8, 4) is 23.0 Å². The van der Waals surface area contributed by atoms with E-state index in [4.69, 9.17) is 15.1 Å². The number of halogens is 1. The summed E-state index contributed by atoms with van der Waals surface area (Å²) in [5.74, 6) is 0.934. The summed E-state index contributed by atoms with van der Waals surface area (Å²) in [4.78, 5) is 2.40. The standard InChI is InChI=1S/C30H36FN5O/c1-2-37-27-14-16-35(17-15-27)25-10-12-26(13-11-25)36-29(23-8-9-24(20-32)28(31)18-23)19-30(34-36)33-21-22-6-4-3-5-7-22/h8-13,18-19,22,27H,2-7,14-17,21H2,1H3,(H,33,34). The average Bonchev–Trinajstić information content (AvgIpc) is 3.37. The molecule has 0 atom stereocenters. The van der Waals surface area contributed by atoms with Gasteiger partial charge in [0, 0.05) is 43.6 Å². The number of piperidine rings is 1.